The molecule has 112 valence electrons. The third-order valence-electron chi connectivity index (χ3n) is 3.22. The number of rotatable bonds is 13. The molecule has 0 rings (SSSR count). The smallest absolute Gasteiger partial charge is 0.306 e. The molecule has 0 amide bonds. The van der Waals surface area contributed by atoms with Crippen LogP contribution in [0.15, 0.2) is 12.2 Å². The van der Waals surface area contributed by atoms with Crippen LogP contribution in [-0.4, -0.2) is 22.3 Å². The van der Waals surface area contributed by atoms with Crippen molar-refractivity contribution < 1.29 is 15.0 Å². The molecule has 2 N–H and O–H groups in total. The Hall–Kier alpha value is -0.830. The lowest BCUT2D eigenvalue weighted by Crippen LogP contribution is -2.09. The van der Waals surface area contributed by atoms with Crippen LogP contribution in [0.4, 0.5) is 0 Å². The van der Waals surface area contributed by atoms with Gasteiger partial charge >= 0.3 is 5.97 Å². The van der Waals surface area contributed by atoms with Crippen molar-refractivity contribution in [2.24, 2.45) is 0 Å². The molecule has 0 aromatic heterocycles. The third-order valence-corrected chi connectivity index (χ3v) is 3.22. The van der Waals surface area contributed by atoms with Crippen molar-refractivity contribution in [3.8, 4) is 0 Å². The number of aliphatic hydroxyl groups excluding tert-OH is 1. The molecule has 0 aliphatic heterocycles. The molecular weight excluding hydrogens is 240 g/mol. The Labute approximate surface area is 117 Å². The number of carboxylic acid groups (broad SMARTS) is 1. The van der Waals surface area contributed by atoms with Gasteiger partial charge in [0.15, 0.2) is 0 Å². The summed E-state index contributed by atoms with van der Waals surface area (Å²) in [6.45, 7) is 2.24. The average Bonchev–Trinajstić information content (AvgIpc) is 2.35. The van der Waals surface area contributed by atoms with Gasteiger partial charge in [0.1, 0.15) is 0 Å². The van der Waals surface area contributed by atoms with Gasteiger partial charge in [0.05, 0.1) is 12.5 Å². The Morgan fingerprint density at radius 2 is 1.53 bits per heavy atom. The van der Waals surface area contributed by atoms with Crippen molar-refractivity contribution in [3.63, 3.8) is 0 Å². The Balaban J connectivity index is 3.22. The van der Waals surface area contributed by atoms with Crippen molar-refractivity contribution in [1.82, 2.24) is 0 Å². The maximum absolute atomic E-state index is 10.3. The summed E-state index contributed by atoms with van der Waals surface area (Å²) in [6.07, 6.45) is 15.1. The van der Waals surface area contributed by atoms with Crippen molar-refractivity contribution in [3.05, 3.63) is 12.2 Å². The fraction of sp³-hybridized carbons (Fsp3) is 0.812. The van der Waals surface area contributed by atoms with Crippen LogP contribution < -0.4 is 0 Å². The minimum atomic E-state index is -0.958. The summed E-state index contributed by atoms with van der Waals surface area (Å²) in [4.78, 5) is 10.3. The van der Waals surface area contributed by atoms with Gasteiger partial charge in [0, 0.05) is 0 Å². The minimum Gasteiger partial charge on any atom is -0.481 e. The molecule has 1 atom stereocenters. The van der Waals surface area contributed by atoms with Crippen molar-refractivity contribution >= 4 is 5.97 Å². The fourth-order valence-corrected chi connectivity index (χ4v) is 2.07. The number of aliphatic hydroxyl groups is 1. The lowest BCUT2D eigenvalue weighted by atomic mass is 10.1. The first-order valence-electron chi connectivity index (χ1n) is 7.73. The number of hydrogen-bond donors (Lipinski definition) is 2. The van der Waals surface area contributed by atoms with Crippen LogP contribution >= 0.6 is 0 Å². The Morgan fingerprint density at radius 1 is 1.00 bits per heavy atom. The average molecular weight is 270 g/mol. The predicted molar refractivity (Wildman–Crippen MR) is 79.2 cm³/mol. The molecule has 0 bridgehead atoms. The molecule has 1 unspecified atom stereocenters. The van der Waals surface area contributed by atoms with Gasteiger partial charge in [0.25, 0.3) is 0 Å². The second-order valence-electron chi connectivity index (χ2n) is 5.21. The van der Waals surface area contributed by atoms with Crippen LogP contribution in [0.3, 0.4) is 0 Å². The minimum absolute atomic E-state index is 0.200. The monoisotopic (exact) mass is 270 g/mol. The van der Waals surface area contributed by atoms with Gasteiger partial charge in [-0.25, -0.2) is 0 Å². The van der Waals surface area contributed by atoms with E-state index in [0.29, 0.717) is 0 Å². The normalized spacial score (nSPS) is 12.9. The van der Waals surface area contributed by atoms with Gasteiger partial charge in [-0.05, 0) is 12.8 Å². The first-order valence-corrected chi connectivity index (χ1v) is 7.73. The molecule has 3 nitrogen and oxygen atoms in total. The summed E-state index contributed by atoms with van der Waals surface area (Å²) in [5.74, 6) is -0.958. The summed E-state index contributed by atoms with van der Waals surface area (Å²) in [6, 6.07) is 0. The first kappa shape index (κ1) is 18.2. The van der Waals surface area contributed by atoms with E-state index in [1.165, 1.54) is 51.4 Å². The maximum atomic E-state index is 10.3. The lowest BCUT2D eigenvalue weighted by molar-refractivity contribution is -0.138. The number of carbonyl (C=O) groups is 1. The number of aliphatic carboxylic acids is 1. The second-order valence-corrected chi connectivity index (χ2v) is 5.21. The highest BCUT2D eigenvalue weighted by Crippen LogP contribution is 2.10. The molecule has 0 aromatic rings. The number of carboxylic acids is 1. The molecule has 0 aliphatic carbocycles. The van der Waals surface area contributed by atoms with Crippen LogP contribution in [-0.2, 0) is 4.79 Å². The van der Waals surface area contributed by atoms with E-state index in [1.807, 2.05) is 6.08 Å². The zero-order chi connectivity index (χ0) is 14.3. The van der Waals surface area contributed by atoms with Gasteiger partial charge < -0.3 is 10.2 Å². The topological polar surface area (TPSA) is 57.5 Å². The van der Waals surface area contributed by atoms with Crippen LogP contribution in [0.2, 0.25) is 0 Å². The maximum Gasteiger partial charge on any atom is 0.306 e. The van der Waals surface area contributed by atoms with E-state index < -0.39 is 12.1 Å². The van der Waals surface area contributed by atoms with Crippen LogP contribution in [0, 0.1) is 0 Å². The predicted octanol–water partition coefficient (Wildman–Crippen LogP) is 4.30. The van der Waals surface area contributed by atoms with E-state index in [4.69, 9.17) is 5.11 Å². The molecule has 0 fully saturated rings. The highest BCUT2D eigenvalue weighted by atomic mass is 16.4. The summed E-state index contributed by atoms with van der Waals surface area (Å²) in [5, 5.41) is 17.8. The Morgan fingerprint density at radius 3 is 2.05 bits per heavy atom. The first-order chi connectivity index (χ1) is 9.16. The number of allylic oxidation sites excluding steroid dienone is 1. The number of hydrogen-bond acceptors (Lipinski definition) is 2. The zero-order valence-electron chi connectivity index (χ0n) is 12.3. The standard InChI is InChI=1S/C16H30O3/c1-2-3-4-5-6-7-8-9-10-11-12-13-15(17)14-16(18)19/h12-13,15,17H,2-11,14H2,1H3,(H,18,19)/b13-12+. The van der Waals surface area contributed by atoms with E-state index in [9.17, 15) is 9.90 Å². The lowest BCUT2D eigenvalue weighted by Gasteiger charge is -2.01. The van der Waals surface area contributed by atoms with Crippen molar-refractivity contribution in [1.29, 1.82) is 0 Å². The van der Waals surface area contributed by atoms with Crippen molar-refractivity contribution in [2.75, 3.05) is 0 Å². The molecule has 0 heterocycles. The molecule has 0 radical (unpaired) electrons. The molecule has 0 spiro atoms. The Kier molecular flexibility index (Phi) is 13.0. The molecule has 19 heavy (non-hydrogen) atoms. The van der Waals surface area contributed by atoms with Crippen LogP contribution in [0.25, 0.3) is 0 Å². The molecule has 3 heteroatoms. The Bertz CT molecular complexity index is 236. The summed E-state index contributed by atoms with van der Waals surface area (Å²) >= 11 is 0. The molecule has 0 aromatic carbocycles. The van der Waals surface area contributed by atoms with Crippen LogP contribution in [0.5, 0.6) is 0 Å². The van der Waals surface area contributed by atoms with E-state index in [0.717, 1.165) is 12.8 Å². The van der Waals surface area contributed by atoms with Gasteiger partial charge in [-0.2, -0.15) is 0 Å². The highest BCUT2D eigenvalue weighted by molar-refractivity contribution is 5.67. The summed E-state index contributed by atoms with van der Waals surface area (Å²) in [5.41, 5.74) is 0. The summed E-state index contributed by atoms with van der Waals surface area (Å²) in [7, 11) is 0. The van der Waals surface area contributed by atoms with Gasteiger partial charge in [0.2, 0.25) is 0 Å². The molecular formula is C16H30O3. The fourth-order valence-electron chi connectivity index (χ4n) is 2.07. The van der Waals surface area contributed by atoms with E-state index in [1.54, 1.807) is 6.08 Å². The van der Waals surface area contributed by atoms with E-state index in [-0.39, 0.29) is 6.42 Å². The number of unbranched alkanes of at least 4 members (excludes halogenated alkanes) is 9. The molecule has 0 saturated carbocycles. The summed E-state index contributed by atoms with van der Waals surface area (Å²) < 4.78 is 0. The van der Waals surface area contributed by atoms with Gasteiger partial charge in [-0.1, -0.05) is 70.4 Å². The van der Waals surface area contributed by atoms with Crippen LogP contribution in [0.1, 0.15) is 77.6 Å². The quantitative estimate of drug-likeness (QED) is 0.387. The zero-order valence-corrected chi connectivity index (χ0v) is 12.3. The third kappa shape index (κ3) is 15.1. The molecule has 0 aliphatic rings. The SMILES string of the molecule is CCCCCCCCCCC/C=C/C(O)CC(=O)O. The van der Waals surface area contributed by atoms with Gasteiger partial charge in [-0.15, -0.1) is 0 Å². The molecule has 0 saturated heterocycles. The van der Waals surface area contributed by atoms with E-state index >= 15 is 0 Å². The van der Waals surface area contributed by atoms with Gasteiger partial charge in [-0.3, -0.25) is 4.79 Å². The van der Waals surface area contributed by atoms with Crippen molar-refractivity contribution in [2.45, 2.75) is 83.7 Å². The highest BCUT2D eigenvalue weighted by Gasteiger charge is 2.04. The largest absolute Gasteiger partial charge is 0.481 e. The van der Waals surface area contributed by atoms with E-state index in [2.05, 4.69) is 6.92 Å². The second kappa shape index (κ2) is 13.6.